The van der Waals surface area contributed by atoms with Gasteiger partial charge in [-0.2, -0.15) is 0 Å². The summed E-state index contributed by atoms with van der Waals surface area (Å²) in [4.78, 5) is 12.0. The van der Waals surface area contributed by atoms with Gasteiger partial charge in [0.25, 0.3) is 5.91 Å². The SMILES string of the molecule is CC(C)c1nnc(CNC(=O)c2ccc(CN)cc2)s1.Cl. The topological polar surface area (TPSA) is 80.9 Å². The van der Waals surface area contributed by atoms with Crippen molar-refractivity contribution < 1.29 is 4.79 Å². The third-order valence-electron chi connectivity index (χ3n) is 2.83. The van der Waals surface area contributed by atoms with Crippen LogP contribution in [0.25, 0.3) is 0 Å². The first-order valence-corrected chi connectivity index (χ1v) is 7.31. The fraction of sp³-hybridized carbons (Fsp3) is 0.357. The van der Waals surface area contributed by atoms with Gasteiger partial charge in [0.05, 0.1) is 6.54 Å². The fourth-order valence-corrected chi connectivity index (χ4v) is 2.41. The van der Waals surface area contributed by atoms with Gasteiger partial charge in [0.15, 0.2) is 0 Å². The van der Waals surface area contributed by atoms with E-state index in [-0.39, 0.29) is 18.3 Å². The molecule has 0 saturated heterocycles. The smallest absolute Gasteiger partial charge is 0.251 e. The van der Waals surface area contributed by atoms with Crippen molar-refractivity contribution in [2.24, 2.45) is 5.73 Å². The zero-order valence-corrected chi connectivity index (χ0v) is 13.6. The van der Waals surface area contributed by atoms with E-state index in [1.807, 2.05) is 12.1 Å². The van der Waals surface area contributed by atoms with Crippen LogP contribution >= 0.6 is 23.7 Å². The van der Waals surface area contributed by atoms with Crippen LogP contribution in [0.2, 0.25) is 0 Å². The van der Waals surface area contributed by atoms with Crippen molar-refractivity contribution in [3.05, 3.63) is 45.4 Å². The van der Waals surface area contributed by atoms with Crippen LogP contribution in [-0.2, 0) is 13.1 Å². The Balaban J connectivity index is 0.00000220. The number of carbonyl (C=O) groups is 1. The molecule has 0 aliphatic heterocycles. The maximum atomic E-state index is 12.0. The Morgan fingerprint density at radius 1 is 1.29 bits per heavy atom. The van der Waals surface area contributed by atoms with Gasteiger partial charge in [0, 0.05) is 18.0 Å². The molecule has 0 bridgehead atoms. The summed E-state index contributed by atoms with van der Waals surface area (Å²) in [5, 5.41) is 12.8. The van der Waals surface area contributed by atoms with Crippen molar-refractivity contribution in [2.45, 2.75) is 32.9 Å². The summed E-state index contributed by atoms with van der Waals surface area (Å²) in [5.41, 5.74) is 7.15. The number of hydrogen-bond donors (Lipinski definition) is 2. The molecule has 0 saturated carbocycles. The molecule has 21 heavy (non-hydrogen) atoms. The van der Waals surface area contributed by atoms with E-state index in [1.165, 1.54) is 11.3 Å². The lowest BCUT2D eigenvalue weighted by molar-refractivity contribution is 0.0951. The molecule has 3 N–H and O–H groups in total. The number of nitrogens with two attached hydrogens (primary N) is 1. The number of aromatic nitrogens is 2. The highest BCUT2D eigenvalue weighted by atomic mass is 35.5. The minimum absolute atomic E-state index is 0. The van der Waals surface area contributed by atoms with Gasteiger partial charge in [-0.25, -0.2) is 0 Å². The lowest BCUT2D eigenvalue weighted by Crippen LogP contribution is -2.22. The van der Waals surface area contributed by atoms with Crippen LogP contribution < -0.4 is 11.1 Å². The van der Waals surface area contributed by atoms with Crippen LogP contribution in [0.1, 0.15) is 45.7 Å². The van der Waals surface area contributed by atoms with Crippen molar-refractivity contribution in [1.29, 1.82) is 0 Å². The number of rotatable bonds is 5. The quantitative estimate of drug-likeness (QED) is 0.884. The number of benzene rings is 1. The van der Waals surface area contributed by atoms with Gasteiger partial charge in [-0.05, 0) is 17.7 Å². The summed E-state index contributed by atoms with van der Waals surface area (Å²) in [6, 6.07) is 7.27. The lowest BCUT2D eigenvalue weighted by Gasteiger charge is -2.03. The van der Waals surface area contributed by atoms with Crippen LogP contribution in [0.15, 0.2) is 24.3 Å². The van der Waals surface area contributed by atoms with Crippen LogP contribution in [0, 0.1) is 0 Å². The summed E-state index contributed by atoms with van der Waals surface area (Å²) in [5.74, 6) is 0.246. The Bertz CT molecular complexity index is 583. The lowest BCUT2D eigenvalue weighted by atomic mass is 10.1. The van der Waals surface area contributed by atoms with Gasteiger partial charge in [-0.3, -0.25) is 4.79 Å². The molecule has 7 heteroatoms. The highest BCUT2D eigenvalue weighted by Crippen LogP contribution is 2.18. The van der Waals surface area contributed by atoms with E-state index in [2.05, 4.69) is 29.4 Å². The third kappa shape index (κ3) is 4.77. The summed E-state index contributed by atoms with van der Waals surface area (Å²) in [6.07, 6.45) is 0. The molecule has 1 aromatic heterocycles. The van der Waals surface area contributed by atoms with Crippen LogP contribution in [0.5, 0.6) is 0 Å². The highest BCUT2D eigenvalue weighted by molar-refractivity contribution is 7.11. The third-order valence-corrected chi connectivity index (χ3v) is 4.05. The molecule has 1 heterocycles. The minimum atomic E-state index is -0.116. The Morgan fingerprint density at radius 3 is 2.48 bits per heavy atom. The molecular formula is C14H19ClN4OS. The van der Waals surface area contributed by atoms with Gasteiger partial charge in [0.2, 0.25) is 0 Å². The molecule has 0 atom stereocenters. The standard InChI is InChI=1S/C14H18N4OS.ClH/c1-9(2)14-18-17-12(20-14)8-16-13(19)11-5-3-10(7-15)4-6-11;/h3-6,9H,7-8,15H2,1-2H3,(H,16,19);1H. The summed E-state index contributed by atoms with van der Waals surface area (Å²) < 4.78 is 0. The Kier molecular flexibility index (Phi) is 6.74. The van der Waals surface area contributed by atoms with Crippen LogP contribution in [0.4, 0.5) is 0 Å². The second-order valence-corrected chi connectivity index (χ2v) is 5.87. The van der Waals surface area contributed by atoms with Crippen LogP contribution in [-0.4, -0.2) is 16.1 Å². The van der Waals surface area contributed by atoms with E-state index >= 15 is 0 Å². The average Bonchev–Trinajstić information content (AvgIpc) is 2.94. The van der Waals surface area contributed by atoms with E-state index in [1.54, 1.807) is 12.1 Å². The number of halogens is 1. The predicted molar refractivity (Wildman–Crippen MR) is 86.7 cm³/mol. The monoisotopic (exact) mass is 326 g/mol. The van der Waals surface area contributed by atoms with Gasteiger partial charge in [-0.15, -0.1) is 22.6 Å². The fourth-order valence-electron chi connectivity index (χ4n) is 1.62. The number of carbonyl (C=O) groups excluding carboxylic acids is 1. The molecular weight excluding hydrogens is 308 g/mol. The molecule has 1 aromatic carbocycles. The average molecular weight is 327 g/mol. The van der Waals surface area contributed by atoms with Crippen molar-refractivity contribution in [1.82, 2.24) is 15.5 Å². The molecule has 0 aliphatic carbocycles. The molecule has 0 fully saturated rings. The van der Waals surface area contributed by atoms with Crippen molar-refractivity contribution in [3.63, 3.8) is 0 Å². The second kappa shape index (κ2) is 8.07. The van der Waals surface area contributed by atoms with Crippen LogP contribution in [0.3, 0.4) is 0 Å². The maximum absolute atomic E-state index is 12.0. The van der Waals surface area contributed by atoms with E-state index in [9.17, 15) is 4.79 Å². The molecule has 0 aliphatic rings. The molecule has 0 radical (unpaired) electrons. The van der Waals surface area contributed by atoms with E-state index in [0.29, 0.717) is 24.6 Å². The molecule has 0 spiro atoms. The molecule has 5 nitrogen and oxygen atoms in total. The minimum Gasteiger partial charge on any atom is -0.345 e. The number of nitrogens with one attached hydrogen (secondary N) is 1. The Morgan fingerprint density at radius 2 is 1.95 bits per heavy atom. The number of amides is 1. The van der Waals surface area contributed by atoms with E-state index in [4.69, 9.17) is 5.73 Å². The van der Waals surface area contributed by atoms with E-state index < -0.39 is 0 Å². The van der Waals surface area contributed by atoms with Crippen molar-refractivity contribution in [2.75, 3.05) is 0 Å². The first-order chi connectivity index (χ1) is 9.60. The van der Waals surface area contributed by atoms with Gasteiger partial charge < -0.3 is 11.1 Å². The number of hydrogen-bond acceptors (Lipinski definition) is 5. The first-order valence-electron chi connectivity index (χ1n) is 6.49. The van der Waals surface area contributed by atoms with Crippen molar-refractivity contribution in [3.8, 4) is 0 Å². The van der Waals surface area contributed by atoms with E-state index in [0.717, 1.165) is 15.6 Å². The van der Waals surface area contributed by atoms with Gasteiger partial charge >= 0.3 is 0 Å². The van der Waals surface area contributed by atoms with Crippen molar-refractivity contribution >= 4 is 29.7 Å². The summed E-state index contributed by atoms with van der Waals surface area (Å²) in [7, 11) is 0. The molecule has 1 amide bonds. The summed E-state index contributed by atoms with van der Waals surface area (Å²) in [6.45, 7) is 5.02. The Hall–Kier alpha value is -1.50. The molecule has 2 rings (SSSR count). The molecule has 114 valence electrons. The second-order valence-electron chi connectivity index (χ2n) is 4.77. The molecule has 0 unspecified atom stereocenters. The zero-order chi connectivity index (χ0) is 14.5. The largest absolute Gasteiger partial charge is 0.345 e. The maximum Gasteiger partial charge on any atom is 0.251 e. The zero-order valence-electron chi connectivity index (χ0n) is 12.0. The Labute approximate surface area is 134 Å². The number of nitrogens with zero attached hydrogens (tertiary/aromatic N) is 2. The summed E-state index contributed by atoms with van der Waals surface area (Å²) >= 11 is 1.53. The molecule has 2 aromatic rings. The predicted octanol–water partition coefficient (Wildman–Crippen LogP) is 2.47. The first kappa shape index (κ1) is 17.6. The highest BCUT2D eigenvalue weighted by Gasteiger charge is 2.10. The van der Waals surface area contributed by atoms with Gasteiger partial charge in [-0.1, -0.05) is 37.3 Å². The van der Waals surface area contributed by atoms with Gasteiger partial charge in [0.1, 0.15) is 10.0 Å². The normalized spacial score (nSPS) is 10.3.